The molecule has 1 aromatic rings. The predicted molar refractivity (Wildman–Crippen MR) is 69.0 cm³/mol. The van der Waals surface area contributed by atoms with E-state index in [2.05, 4.69) is 0 Å². The van der Waals surface area contributed by atoms with Gasteiger partial charge in [-0.3, -0.25) is 14.4 Å². The molecule has 0 saturated carbocycles. The monoisotopic (exact) mass is 282 g/mol. The van der Waals surface area contributed by atoms with Gasteiger partial charge in [-0.15, -0.1) is 0 Å². The summed E-state index contributed by atoms with van der Waals surface area (Å²) in [4.78, 5) is 32.7. The van der Waals surface area contributed by atoms with Crippen molar-refractivity contribution in [2.75, 3.05) is 0 Å². The Hall–Kier alpha value is -2.14. The van der Waals surface area contributed by atoms with E-state index in [0.717, 1.165) is 6.08 Å². The fraction of sp³-hybridized carbons (Fsp3) is 0.154. The minimum atomic E-state index is -0.674. The first kappa shape index (κ1) is 14.9. The molecule has 0 fully saturated rings. The number of hydrogen-bond donors (Lipinski definition) is 0. The van der Waals surface area contributed by atoms with Crippen LogP contribution in [0.5, 0.6) is 11.5 Å². The van der Waals surface area contributed by atoms with Crippen molar-refractivity contribution < 1.29 is 23.9 Å². The Morgan fingerprint density at radius 1 is 1.11 bits per heavy atom. The molecule has 0 saturated heterocycles. The highest BCUT2D eigenvalue weighted by Gasteiger charge is 2.13. The van der Waals surface area contributed by atoms with Crippen LogP contribution in [0, 0.1) is 0 Å². The summed E-state index contributed by atoms with van der Waals surface area (Å²) in [5.41, 5.74) is 0.392. The molecule has 1 rings (SSSR count). The zero-order valence-corrected chi connectivity index (χ0v) is 11.1. The summed E-state index contributed by atoms with van der Waals surface area (Å²) >= 11 is 5.19. The summed E-state index contributed by atoms with van der Waals surface area (Å²) in [5, 5.41) is -0.674. The molecule has 0 aliphatic heterocycles. The van der Waals surface area contributed by atoms with Crippen LogP contribution >= 0.6 is 11.6 Å². The van der Waals surface area contributed by atoms with Crippen molar-refractivity contribution in [2.24, 2.45) is 0 Å². The second kappa shape index (κ2) is 6.70. The lowest BCUT2D eigenvalue weighted by atomic mass is 10.1. The van der Waals surface area contributed by atoms with Crippen LogP contribution in [0.25, 0.3) is 6.08 Å². The van der Waals surface area contributed by atoms with Crippen molar-refractivity contribution in [1.82, 2.24) is 0 Å². The van der Waals surface area contributed by atoms with Crippen LogP contribution < -0.4 is 9.47 Å². The summed E-state index contributed by atoms with van der Waals surface area (Å²) in [7, 11) is 0. The normalized spacial score (nSPS) is 10.3. The Kier molecular flexibility index (Phi) is 5.26. The highest BCUT2D eigenvalue weighted by Crippen LogP contribution is 2.32. The van der Waals surface area contributed by atoms with E-state index in [4.69, 9.17) is 21.1 Å². The SMILES string of the molecule is CC(=O)Oc1cccc(/C=C/C(=O)Cl)c1OC(C)=O. The fourth-order valence-corrected chi connectivity index (χ4v) is 1.37. The molecule has 0 aromatic heterocycles. The Balaban J connectivity index is 3.24. The minimum Gasteiger partial charge on any atom is -0.423 e. The first-order chi connectivity index (χ1) is 8.90. The largest absolute Gasteiger partial charge is 0.423 e. The summed E-state index contributed by atoms with van der Waals surface area (Å²) in [6, 6.07) is 4.64. The van der Waals surface area contributed by atoms with Gasteiger partial charge in [0.05, 0.1) is 0 Å². The van der Waals surface area contributed by atoms with Crippen LogP contribution in [0.15, 0.2) is 24.3 Å². The number of carbonyl (C=O) groups excluding carboxylic acids is 3. The summed E-state index contributed by atoms with van der Waals surface area (Å²) in [6.45, 7) is 2.44. The van der Waals surface area contributed by atoms with Crippen molar-refractivity contribution in [3.63, 3.8) is 0 Å². The van der Waals surface area contributed by atoms with E-state index in [1.165, 1.54) is 26.0 Å². The summed E-state index contributed by atoms with van der Waals surface area (Å²) in [5.74, 6) is -0.986. The van der Waals surface area contributed by atoms with Gasteiger partial charge in [0.2, 0.25) is 5.24 Å². The van der Waals surface area contributed by atoms with Gasteiger partial charge >= 0.3 is 11.9 Å². The van der Waals surface area contributed by atoms with Crippen molar-refractivity contribution in [3.05, 3.63) is 29.8 Å². The molecule has 100 valence electrons. The number of ether oxygens (including phenoxy) is 2. The van der Waals surface area contributed by atoms with E-state index in [1.807, 2.05) is 0 Å². The van der Waals surface area contributed by atoms with Gasteiger partial charge in [0.15, 0.2) is 11.5 Å². The third-order valence-corrected chi connectivity index (χ3v) is 2.03. The summed E-state index contributed by atoms with van der Waals surface area (Å²) in [6.07, 6.45) is 2.46. The van der Waals surface area contributed by atoms with Gasteiger partial charge in [-0.25, -0.2) is 0 Å². The zero-order chi connectivity index (χ0) is 14.4. The van der Waals surface area contributed by atoms with E-state index < -0.39 is 17.2 Å². The summed E-state index contributed by atoms with van der Waals surface area (Å²) < 4.78 is 9.91. The molecule has 0 spiro atoms. The average molecular weight is 283 g/mol. The molecule has 0 aliphatic carbocycles. The van der Waals surface area contributed by atoms with E-state index in [-0.39, 0.29) is 11.5 Å². The van der Waals surface area contributed by atoms with Crippen LogP contribution in [-0.2, 0) is 14.4 Å². The molecule has 0 atom stereocenters. The van der Waals surface area contributed by atoms with Crippen molar-refractivity contribution in [1.29, 1.82) is 0 Å². The number of para-hydroxylation sites is 1. The molecule has 0 bridgehead atoms. The number of rotatable bonds is 4. The maximum atomic E-state index is 11.1. The second-order valence-electron chi connectivity index (χ2n) is 3.50. The Bertz CT molecular complexity index is 548. The Labute approximate surface area is 114 Å². The maximum Gasteiger partial charge on any atom is 0.308 e. The third kappa shape index (κ3) is 4.93. The zero-order valence-electron chi connectivity index (χ0n) is 10.3. The lowest BCUT2D eigenvalue weighted by Gasteiger charge is -2.10. The van der Waals surface area contributed by atoms with Gasteiger partial charge in [0.25, 0.3) is 0 Å². The predicted octanol–water partition coefficient (Wildman–Crippen LogP) is 2.32. The molecule has 0 unspecified atom stereocenters. The van der Waals surface area contributed by atoms with Crippen molar-refractivity contribution >= 4 is 34.9 Å². The van der Waals surface area contributed by atoms with Crippen LogP contribution in [0.1, 0.15) is 19.4 Å². The molecule has 0 radical (unpaired) electrons. The smallest absolute Gasteiger partial charge is 0.308 e. The number of esters is 2. The maximum absolute atomic E-state index is 11.1. The second-order valence-corrected chi connectivity index (χ2v) is 3.87. The van der Waals surface area contributed by atoms with E-state index >= 15 is 0 Å². The van der Waals surface area contributed by atoms with Gasteiger partial charge < -0.3 is 9.47 Å². The van der Waals surface area contributed by atoms with Crippen LogP contribution in [-0.4, -0.2) is 17.2 Å². The molecule has 0 aliphatic rings. The molecule has 0 heterocycles. The third-order valence-electron chi connectivity index (χ3n) is 1.90. The van der Waals surface area contributed by atoms with Gasteiger partial charge in [0, 0.05) is 19.4 Å². The lowest BCUT2D eigenvalue weighted by Crippen LogP contribution is -2.08. The highest BCUT2D eigenvalue weighted by molar-refractivity contribution is 6.66. The molecular weight excluding hydrogens is 272 g/mol. The average Bonchev–Trinajstić information content (AvgIpc) is 2.28. The molecular formula is C13H11ClO5. The number of benzene rings is 1. The van der Waals surface area contributed by atoms with Gasteiger partial charge in [-0.05, 0) is 29.8 Å². The van der Waals surface area contributed by atoms with E-state index in [9.17, 15) is 14.4 Å². The van der Waals surface area contributed by atoms with Crippen LogP contribution in [0.3, 0.4) is 0 Å². The van der Waals surface area contributed by atoms with Gasteiger partial charge in [0.1, 0.15) is 0 Å². The molecule has 0 amide bonds. The van der Waals surface area contributed by atoms with E-state index in [1.54, 1.807) is 12.1 Å². The first-order valence-corrected chi connectivity index (χ1v) is 5.65. The van der Waals surface area contributed by atoms with Crippen molar-refractivity contribution in [2.45, 2.75) is 13.8 Å². The standard InChI is InChI=1S/C13H11ClO5/c1-8(15)18-11-5-3-4-10(6-7-12(14)17)13(11)19-9(2)16/h3-7H,1-2H3/b7-6+. The number of allylic oxidation sites excluding steroid dienone is 1. The quantitative estimate of drug-likeness (QED) is 0.367. The van der Waals surface area contributed by atoms with Crippen molar-refractivity contribution in [3.8, 4) is 11.5 Å². The fourth-order valence-electron chi connectivity index (χ4n) is 1.31. The van der Waals surface area contributed by atoms with Crippen LogP contribution in [0.2, 0.25) is 0 Å². The van der Waals surface area contributed by atoms with Gasteiger partial charge in [-0.2, -0.15) is 0 Å². The molecule has 1 aromatic carbocycles. The Morgan fingerprint density at radius 3 is 2.26 bits per heavy atom. The first-order valence-electron chi connectivity index (χ1n) is 5.27. The topological polar surface area (TPSA) is 69.7 Å². The van der Waals surface area contributed by atoms with E-state index in [0.29, 0.717) is 5.56 Å². The minimum absolute atomic E-state index is 0.0550. The highest BCUT2D eigenvalue weighted by atomic mass is 35.5. The molecule has 19 heavy (non-hydrogen) atoms. The van der Waals surface area contributed by atoms with Gasteiger partial charge in [-0.1, -0.05) is 12.1 Å². The lowest BCUT2D eigenvalue weighted by molar-refractivity contribution is -0.134. The molecule has 5 nitrogen and oxygen atoms in total. The number of halogens is 1. The van der Waals surface area contributed by atoms with Crippen LogP contribution in [0.4, 0.5) is 0 Å². The number of carbonyl (C=O) groups is 3. The molecule has 6 heteroatoms. The molecule has 0 N–H and O–H groups in total. The number of hydrogen-bond acceptors (Lipinski definition) is 5. The Morgan fingerprint density at radius 2 is 1.74 bits per heavy atom.